The zero-order valence-electron chi connectivity index (χ0n) is 13.7. The van der Waals surface area contributed by atoms with Gasteiger partial charge < -0.3 is 14.4 Å². The molecule has 130 valence electrons. The second-order valence-corrected chi connectivity index (χ2v) is 6.82. The average Bonchev–Trinajstić information content (AvgIpc) is 3.25. The molecule has 0 spiro atoms. The number of aromatic amines is 1. The first-order valence-corrected chi connectivity index (χ1v) is 8.90. The van der Waals surface area contributed by atoms with Crippen LogP contribution in [0.1, 0.15) is 36.8 Å². The van der Waals surface area contributed by atoms with Crippen LogP contribution in [0.5, 0.6) is 0 Å². The first-order valence-electron chi connectivity index (χ1n) is 8.52. The lowest BCUT2D eigenvalue weighted by Gasteiger charge is -2.31. The number of aryl methyl sites for hydroxylation is 1. The Bertz CT molecular complexity index is 855. The summed E-state index contributed by atoms with van der Waals surface area (Å²) in [6.45, 7) is 1.50. The summed E-state index contributed by atoms with van der Waals surface area (Å²) in [5.41, 5.74) is 2.02. The van der Waals surface area contributed by atoms with E-state index in [0.29, 0.717) is 30.3 Å². The second-order valence-electron chi connectivity index (χ2n) is 6.43. The number of hydrogen-bond acceptors (Lipinski definition) is 4. The minimum atomic E-state index is 0.133. The summed E-state index contributed by atoms with van der Waals surface area (Å²) in [5, 5.41) is 3.96. The van der Waals surface area contributed by atoms with Gasteiger partial charge in [0, 0.05) is 37.9 Å². The van der Waals surface area contributed by atoms with Crippen molar-refractivity contribution in [1.29, 1.82) is 0 Å². The fourth-order valence-electron chi connectivity index (χ4n) is 3.39. The lowest BCUT2D eigenvalue weighted by atomic mass is 9.97. The normalized spacial score (nSPS) is 18.0. The van der Waals surface area contributed by atoms with Crippen molar-refractivity contribution in [2.24, 2.45) is 0 Å². The van der Waals surface area contributed by atoms with E-state index >= 15 is 0 Å². The van der Waals surface area contributed by atoms with Gasteiger partial charge in [-0.1, -0.05) is 28.9 Å². The minimum absolute atomic E-state index is 0.133. The number of carbonyl (C=O) groups is 1. The number of piperidine rings is 1. The molecule has 0 radical (unpaired) electrons. The summed E-state index contributed by atoms with van der Waals surface area (Å²) >= 11 is 5.73. The van der Waals surface area contributed by atoms with Gasteiger partial charge in [-0.2, -0.15) is 0 Å². The first-order chi connectivity index (χ1) is 12.2. The first kappa shape index (κ1) is 16.1. The van der Waals surface area contributed by atoms with E-state index < -0.39 is 0 Å². The van der Waals surface area contributed by atoms with E-state index in [0.717, 1.165) is 36.2 Å². The van der Waals surface area contributed by atoms with Gasteiger partial charge in [0.05, 0.1) is 11.0 Å². The standard InChI is InChI=1S/C18H19ClN4O2/c19-16-10-13(25-22-16)7-8-17(24)23-9-3-4-12(11-23)18-20-14-5-1-2-6-15(14)21-18/h1-2,5-6,10,12H,3-4,7-9,11H2,(H,20,21)/t12-/m1/s1. The van der Waals surface area contributed by atoms with Gasteiger partial charge in [-0.05, 0) is 25.0 Å². The Kier molecular flexibility index (Phi) is 4.44. The van der Waals surface area contributed by atoms with E-state index in [-0.39, 0.29) is 11.8 Å². The summed E-state index contributed by atoms with van der Waals surface area (Å²) in [6.07, 6.45) is 2.95. The minimum Gasteiger partial charge on any atom is -0.360 e. The van der Waals surface area contributed by atoms with E-state index in [1.54, 1.807) is 6.07 Å². The lowest BCUT2D eigenvalue weighted by molar-refractivity contribution is -0.132. The van der Waals surface area contributed by atoms with Gasteiger partial charge >= 0.3 is 0 Å². The number of H-pyrrole nitrogens is 1. The van der Waals surface area contributed by atoms with E-state index in [1.165, 1.54) is 0 Å². The molecule has 4 rings (SSSR count). The highest BCUT2D eigenvalue weighted by Crippen LogP contribution is 2.27. The molecule has 1 saturated heterocycles. The smallest absolute Gasteiger partial charge is 0.223 e. The van der Waals surface area contributed by atoms with Crippen LogP contribution < -0.4 is 0 Å². The molecule has 0 bridgehead atoms. The highest BCUT2D eigenvalue weighted by Gasteiger charge is 2.26. The fourth-order valence-corrected chi connectivity index (χ4v) is 3.54. The third-order valence-corrected chi connectivity index (χ3v) is 4.86. The van der Waals surface area contributed by atoms with E-state index in [2.05, 4.69) is 10.1 Å². The number of amides is 1. The third kappa shape index (κ3) is 3.54. The zero-order chi connectivity index (χ0) is 17.2. The van der Waals surface area contributed by atoms with Gasteiger partial charge in [-0.15, -0.1) is 0 Å². The molecule has 1 amide bonds. The van der Waals surface area contributed by atoms with Gasteiger partial charge in [-0.3, -0.25) is 4.79 Å². The van der Waals surface area contributed by atoms with Crippen LogP contribution >= 0.6 is 11.6 Å². The van der Waals surface area contributed by atoms with Crippen molar-refractivity contribution in [3.63, 3.8) is 0 Å². The zero-order valence-corrected chi connectivity index (χ0v) is 14.5. The number of hydrogen-bond donors (Lipinski definition) is 1. The summed E-state index contributed by atoms with van der Waals surface area (Å²) in [7, 11) is 0. The summed E-state index contributed by atoms with van der Waals surface area (Å²) in [4.78, 5) is 22.6. The largest absolute Gasteiger partial charge is 0.360 e. The Morgan fingerprint density at radius 2 is 2.28 bits per heavy atom. The third-order valence-electron chi connectivity index (χ3n) is 4.68. The van der Waals surface area contributed by atoms with Crippen molar-refractivity contribution in [2.45, 2.75) is 31.6 Å². The maximum atomic E-state index is 12.5. The Morgan fingerprint density at radius 3 is 3.08 bits per heavy atom. The van der Waals surface area contributed by atoms with E-state index in [9.17, 15) is 4.79 Å². The van der Waals surface area contributed by atoms with Crippen LogP contribution in [0.3, 0.4) is 0 Å². The molecule has 1 N–H and O–H groups in total. The number of likely N-dealkylation sites (tertiary alicyclic amines) is 1. The van der Waals surface area contributed by atoms with Gasteiger partial charge in [-0.25, -0.2) is 4.98 Å². The Labute approximate surface area is 150 Å². The molecular formula is C18H19ClN4O2. The van der Waals surface area contributed by atoms with Crippen LogP contribution in [-0.2, 0) is 11.2 Å². The molecule has 1 atom stereocenters. The maximum absolute atomic E-state index is 12.5. The van der Waals surface area contributed by atoms with Crippen LogP contribution in [0.25, 0.3) is 11.0 Å². The molecule has 6 nitrogen and oxygen atoms in total. The Hall–Kier alpha value is -2.34. The molecule has 0 aliphatic carbocycles. The quantitative estimate of drug-likeness (QED) is 0.774. The van der Waals surface area contributed by atoms with Crippen molar-refractivity contribution in [3.8, 4) is 0 Å². The van der Waals surface area contributed by atoms with Gasteiger partial charge in [0.2, 0.25) is 5.91 Å². The molecule has 1 aliphatic rings. The Balaban J connectivity index is 1.40. The number of carbonyl (C=O) groups excluding carboxylic acids is 1. The monoisotopic (exact) mass is 358 g/mol. The molecule has 3 heterocycles. The molecule has 25 heavy (non-hydrogen) atoms. The Morgan fingerprint density at radius 1 is 1.40 bits per heavy atom. The molecule has 0 unspecified atom stereocenters. The van der Waals surface area contributed by atoms with Crippen molar-refractivity contribution in [1.82, 2.24) is 20.0 Å². The van der Waals surface area contributed by atoms with Crippen LogP contribution in [0.15, 0.2) is 34.9 Å². The number of fused-ring (bicyclic) bond motifs is 1. The SMILES string of the molecule is O=C(CCc1cc(Cl)no1)N1CCC[C@@H](c2nc3ccccc3[nH]2)C1. The summed E-state index contributed by atoms with van der Waals surface area (Å²) in [5.74, 6) is 2.00. The van der Waals surface area contributed by atoms with E-state index in [1.807, 2.05) is 29.2 Å². The summed E-state index contributed by atoms with van der Waals surface area (Å²) < 4.78 is 5.06. The highest BCUT2D eigenvalue weighted by atomic mass is 35.5. The van der Waals surface area contributed by atoms with Crippen molar-refractivity contribution >= 4 is 28.5 Å². The number of nitrogens with one attached hydrogen (secondary N) is 1. The average molecular weight is 359 g/mol. The van der Waals surface area contributed by atoms with E-state index in [4.69, 9.17) is 21.1 Å². The molecular weight excluding hydrogens is 340 g/mol. The van der Waals surface area contributed by atoms with Crippen molar-refractivity contribution in [3.05, 3.63) is 47.1 Å². The molecule has 1 aromatic carbocycles. The second kappa shape index (κ2) is 6.88. The molecule has 1 aliphatic heterocycles. The number of imidazole rings is 1. The van der Waals surface area contributed by atoms with Gasteiger partial charge in [0.1, 0.15) is 11.6 Å². The van der Waals surface area contributed by atoms with Gasteiger partial charge in [0.25, 0.3) is 0 Å². The number of para-hydroxylation sites is 2. The molecule has 3 aromatic rings. The van der Waals surface area contributed by atoms with Gasteiger partial charge in [0.15, 0.2) is 5.15 Å². The fraction of sp³-hybridized carbons (Fsp3) is 0.389. The van der Waals surface area contributed by atoms with Crippen LogP contribution in [-0.4, -0.2) is 39.0 Å². The predicted octanol–water partition coefficient (Wildman–Crippen LogP) is 3.54. The van der Waals surface area contributed by atoms with Crippen LogP contribution in [0, 0.1) is 0 Å². The number of benzene rings is 1. The number of halogens is 1. The molecule has 7 heteroatoms. The number of rotatable bonds is 4. The predicted molar refractivity (Wildman–Crippen MR) is 94.5 cm³/mol. The summed E-state index contributed by atoms with van der Waals surface area (Å²) in [6, 6.07) is 9.67. The molecule has 0 saturated carbocycles. The van der Waals surface area contributed by atoms with Crippen molar-refractivity contribution < 1.29 is 9.32 Å². The van der Waals surface area contributed by atoms with Crippen molar-refractivity contribution in [2.75, 3.05) is 13.1 Å². The number of nitrogens with zero attached hydrogens (tertiary/aromatic N) is 3. The molecule has 1 fully saturated rings. The van der Waals surface area contributed by atoms with Crippen LogP contribution in [0.2, 0.25) is 5.15 Å². The topological polar surface area (TPSA) is 75.0 Å². The maximum Gasteiger partial charge on any atom is 0.223 e. The lowest BCUT2D eigenvalue weighted by Crippen LogP contribution is -2.39. The number of aromatic nitrogens is 3. The molecule has 2 aromatic heterocycles. The highest BCUT2D eigenvalue weighted by molar-refractivity contribution is 6.29. The van der Waals surface area contributed by atoms with Crippen LogP contribution in [0.4, 0.5) is 0 Å².